The van der Waals surface area contributed by atoms with Gasteiger partial charge in [-0.05, 0) is 20.8 Å². The molecule has 0 heterocycles. The molecule has 0 spiro atoms. The van der Waals surface area contributed by atoms with Gasteiger partial charge in [0.2, 0.25) is 0 Å². The highest BCUT2D eigenvalue weighted by atomic mass is 127. The minimum atomic E-state index is -0.326. The molecule has 0 fully saturated rings. The Morgan fingerprint density at radius 1 is 1.40 bits per heavy atom. The Morgan fingerprint density at radius 2 is 1.80 bits per heavy atom. The van der Waals surface area contributed by atoms with E-state index in [0.29, 0.717) is 6.42 Å². The van der Waals surface area contributed by atoms with Gasteiger partial charge in [0.15, 0.2) is 0 Å². The van der Waals surface area contributed by atoms with E-state index in [1.165, 1.54) is 0 Å². The van der Waals surface area contributed by atoms with Crippen molar-refractivity contribution in [2.24, 2.45) is 0 Å². The van der Waals surface area contributed by atoms with Crippen molar-refractivity contribution in [3.05, 3.63) is 0 Å². The Morgan fingerprint density at radius 3 is 1.90 bits per heavy atom. The Bertz CT molecular complexity index is 105. The Hall–Kier alpha value is 0.200. The van der Waals surface area contributed by atoms with Crippen LogP contribution in [0, 0.1) is 0 Å². The molecule has 0 aliphatic heterocycles. The van der Waals surface area contributed by atoms with Gasteiger partial charge < -0.3 is 4.74 Å². The normalized spacial score (nSPS) is 10.0. The fourth-order valence-corrected chi connectivity index (χ4v) is 0.414. The van der Waals surface area contributed by atoms with E-state index in [4.69, 9.17) is 4.74 Å². The summed E-state index contributed by atoms with van der Waals surface area (Å²) in [7, 11) is 0. The number of carbonyl (C=O) groups excluding carboxylic acids is 1. The van der Waals surface area contributed by atoms with Gasteiger partial charge in [0, 0.05) is 6.42 Å². The number of hydrogen-bond acceptors (Lipinski definition) is 2. The van der Waals surface area contributed by atoms with E-state index >= 15 is 0 Å². The summed E-state index contributed by atoms with van der Waals surface area (Å²) in [6.07, 6.45) is 0.456. The molecule has 0 rings (SSSR count). The van der Waals surface area contributed by atoms with Crippen LogP contribution in [0.5, 0.6) is 0 Å². The average Bonchev–Trinajstić information content (AvgIpc) is 1.62. The average molecular weight is 258 g/mol. The van der Waals surface area contributed by atoms with Crippen molar-refractivity contribution in [3.8, 4) is 0 Å². The molecule has 0 bridgehead atoms. The maximum atomic E-state index is 10.6. The third-order valence-corrected chi connectivity index (χ3v) is 0.709. The van der Waals surface area contributed by atoms with E-state index in [-0.39, 0.29) is 35.5 Å². The lowest BCUT2D eigenvalue weighted by Crippen LogP contribution is -2.23. The van der Waals surface area contributed by atoms with Crippen molar-refractivity contribution in [2.45, 2.75) is 39.7 Å². The summed E-state index contributed by atoms with van der Waals surface area (Å²) in [6.45, 7) is 7.37. The molecule has 0 aromatic rings. The van der Waals surface area contributed by atoms with Gasteiger partial charge in [-0.2, -0.15) is 0 Å². The predicted octanol–water partition coefficient (Wildman–Crippen LogP) is 2.36. The van der Waals surface area contributed by atoms with E-state index in [1.807, 2.05) is 20.8 Å². The van der Waals surface area contributed by atoms with Crippen LogP contribution in [0.1, 0.15) is 34.1 Å². The van der Waals surface area contributed by atoms with Gasteiger partial charge in [0.25, 0.3) is 0 Å². The molecule has 0 aromatic carbocycles. The van der Waals surface area contributed by atoms with E-state index in [1.54, 1.807) is 6.92 Å². The van der Waals surface area contributed by atoms with Crippen molar-refractivity contribution in [1.82, 2.24) is 0 Å². The first-order valence-corrected chi connectivity index (χ1v) is 3.17. The second-order valence-electron chi connectivity index (χ2n) is 2.94. The molecular formula is C7H15IO2. The van der Waals surface area contributed by atoms with Gasteiger partial charge in [-0.3, -0.25) is 4.79 Å². The standard InChI is InChI=1S/C7H14O2.HI/c1-5-6(8)9-7(2,3)4;/h5H2,1-4H3;1H. The minimum Gasteiger partial charge on any atom is -0.460 e. The van der Waals surface area contributed by atoms with Crippen molar-refractivity contribution < 1.29 is 9.53 Å². The van der Waals surface area contributed by atoms with Gasteiger partial charge in [-0.15, -0.1) is 24.0 Å². The molecule has 0 unspecified atom stereocenters. The Balaban J connectivity index is 0. The summed E-state index contributed by atoms with van der Waals surface area (Å²) in [5, 5.41) is 0. The maximum Gasteiger partial charge on any atom is 0.306 e. The van der Waals surface area contributed by atoms with Gasteiger partial charge in [-0.1, -0.05) is 6.92 Å². The summed E-state index contributed by atoms with van der Waals surface area (Å²) in [6, 6.07) is 0. The Labute approximate surface area is 79.3 Å². The van der Waals surface area contributed by atoms with Crippen molar-refractivity contribution >= 4 is 29.9 Å². The smallest absolute Gasteiger partial charge is 0.306 e. The molecule has 0 aromatic heterocycles. The fourth-order valence-electron chi connectivity index (χ4n) is 0.414. The first kappa shape index (κ1) is 12.8. The van der Waals surface area contributed by atoms with Crippen LogP contribution in [-0.4, -0.2) is 11.6 Å². The molecule has 0 N–H and O–H groups in total. The highest BCUT2D eigenvalue weighted by molar-refractivity contribution is 14.0. The summed E-state index contributed by atoms with van der Waals surface area (Å²) >= 11 is 0. The quantitative estimate of drug-likeness (QED) is 0.533. The topological polar surface area (TPSA) is 26.3 Å². The van der Waals surface area contributed by atoms with Crippen molar-refractivity contribution in [1.29, 1.82) is 0 Å². The van der Waals surface area contributed by atoms with Crippen LogP contribution in [0.15, 0.2) is 0 Å². The van der Waals surface area contributed by atoms with Crippen LogP contribution < -0.4 is 0 Å². The zero-order valence-electron chi connectivity index (χ0n) is 6.93. The number of hydrogen-bond donors (Lipinski definition) is 0. The number of halogens is 1. The number of esters is 1. The monoisotopic (exact) mass is 258 g/mol. The van der Waals surface area contributed by atoms with Crippen LogP contribution in [0.25, 0.3) is 0 Å². The number of carbonyl (C=O) groups is 1. The summed E-state index contributed by atoms with van der Waals surface area (Å²) < 4.78 is 4.95. The van der Waals surface area contributed by atoms with E-state index < -0.39 is 0 Å². The minimum absolute atomic E-state index is 0. The molecule has 0 saturated carbocycles. The van der Waals surface area contributed by atoms with Gasteiger partial charge in [0.05, 0.1) is 0 Å². The maximum absolute atomic E-state index is 10.6. The van der Waals surface area contributed by atoms with Crippen LogP contribution in [0.3, 0.4) is 0 Å². The van der Waals surface area contributed by atoms with Crippen LogP contribution in [-0.2, 0) is 9.53 Å². The van der Waals surface area contributed by atoms with Crippen LogP contribution in [0.2, 0.25) is 0 Å². The molecule has 0 radical (unpaired) electrons. The third-order valence-electron chi connectivity index (χ3n) is 0.709. The second kappa shape index (κ2) is 4.93. The lowest BCUT2D eigenvalue weighted by atomic mass is 10.2. The van der Waals surface area contributed by atoms with Crippen molar-refractivity contribution in [2.75, 3.05) is 0 Å². The molecule has 0 atom stereocenters. The van der Waals surface area contributed by atoms with Crippen LogP contribution >= 0.6 is 24.0 Å². The van der Waals surface area contributed by atoms with Gasteiger partial charge in [-0.25, -0.2) is 0 Å². The van der Waals surface area contributed by atoms with Crippen LogP contribution in [0.4, 0.5) is 0 Å². The van der Waals surface area contributed by atoms with E-state index in [2.05, 4.69) is 0 Å². The van der Waals surface area contributed by atoms with Gasteiger partial charge >= 0.3 is 5.97 Å². The molecule has 2 nitrogen and oxygen atoms in total. The Kier molecular flexibility index (Phi) is 6.33. The molecule has 0 aliphatic rings. The largest absolute Gasteiger partial charge is 0.460 e. The molecule has 0 aliphatic carbocycles. The highest BCUT2D eigenvalue weighted by Gasteiger charge is 2.13. The molecule has 62 valence electrons. The van der Waals surface area contributed by atoms with E-state index in [0.717, 1.165) is 0 Å². The zero-order valence-corrected chi connectivity index (χ0v) is 9.26. The lowest BCUT2D eigenvalue weighted by Gasteiger charge is -2.18. The number of rotatable bonds is 1. The third kappa shape index (κ3) is 8.20. The molecule has 10 heavy (non-hydrogen) atoms. The molecular weight excluding hydrogens is 243 g/mol. The second-order valence-corrected chi connectivity index (χ2v) is 2.94. The molecule has 3 heteroatoms. The summed E-state index contributed by atoms with van der Waals surface area (Å²) in [5.74, 6) is -0.137. The molecule has 0 saturated heterocycles. The first-order chi connectivity index (χ1) is 3.95. The zero-order chi connectivity index (χ0) is 7.49. The fraction of sp³-hybridized carbons (Fsp3) is 0.857. The SMILES string of the molecule is CCC(=O)OC(C)(C)C.I. The summed E-state index contributed by atoms with van der Waals surface area (Å²) in [4.78, 5) is 10.6. The van der Waals surface area contributed by atoms with Gasteiger partial charge in [0.1, 0.15) is 5.60 Å². The van der Waals surface area contributed by atoms with Crippen molar-refractivity contribution in [3.63, 3.8) is 0 Å². The summed E-state index contributed by atoms with van der Waals surface area (Å²) in [5.41, 5.74) is -0.326. The molecule has 0 amide bonds. The predicted molar refractivity (Wildman–Crippen MR) is 51.6 cm³/mol. The van der Waals surface area contributed by atoms with E-state index in [9.17, 15) is 4.79 Å². The highest BCUT2D eigenvalue weighted by Crippen LogP contribution is 2.07. The lowest BCUT2D eigenvalue weighted by molar-refractivity contribution is -0.154. The number of ether oxygens (including phenoxy) is 1. The first-order valence-electron chi connectivity index (χ1n) is 3.17.